The number of hydrogen-bond acceptors (Lipinski definition) is 2. The SMILES string of the molecule is COc1cc2c(c(Cl)c1Cl)C(=O)[C@H](C)[C@H]2c1ccccc1. The van der Waals surface area contributed by atoms with Crippen LogP contribution in [0.25, 0.3) is 0 Å². The van der Waals surface area contributed by atoms with Crippen molar-refractivity contribution in [3.05, 3.63) is 63.1 Å². The maximum absolute atomic E-state index is 12.6. The molecule has 0 amide bonds. The average molecular weight is 321 g/mol. The van der Waals surface area contributed by atoms with Crippen LogP contribution in [0.1, 0.15) is 34.3 Å². The van der Waals surface area contributed by atoms with E-state index in [4.69, 9.17) is 27.9 Å². The van der Waals surface area contributed by atoms with E-state index >= 15 is 0 Å². The van der Waals surface area contributed by atoms with Gasteiger partial charge in [0.1, 0.15) is 10.8 Å². The van der Waals surface area contributed by atoms with E-state index < -0.39 is 0 Å². The Morgan fingerprint density at radius 1 is 1.10 bits per heavy atom. The second-order valence-corrected chi connectivity index (χ2v) is 5.97. The number of Topliss-reactive ketones (excluding diaryl/α,β-unsaturated/α-hetero) is 1. The summed E-state index contributed by atoms with van der Waals surface area (Å²) in [6, 6.07) is 11.8. The molecule has 0 bridgehead atoms. The van der Waals surface area contributed by atoms with E-state index in [-0.39, 0.29) is 17.6 Å². The number of hydrogen-bond donors (Lipinski definition) is 0. The fourth-order valence-corrected chi connectivity index (χ4v) is 3.56. The predicted molar refractivity (Wildman–Crippen MR) is 84.8 cm³/mol. The molecule has 1 aliphatic carbocycles. The van der Waals surface area contributed by atoms with E-state index in [0.29, 0.717) is 21.4 Å². The summed E-state index contributed by atoms with van der Waals surface area (Å²) in [7, 11) is 1.54. The number of ketones is 1. The van der Waals surface area contributed by atoms with E-state index in [1.165, 1.54) is 0 Å². The standard InChI is InChI=1S/C17H14Cl2O2/c1-9-13(10-6-4-3-5-7-10)11-8-12(21-2)15(18)16(19)14(11)17(9)20/h3-9,13H,1-2H3/t9-,13+/m1/s1. The van der Waals surface area contributed by atoms with E-state index in [1.54, 1.807) is 7.11 Å². The van der Waals surface area contributed by atoms with E-state index in [1.807, 2.05) is 43.3 Å². The van der Waals surface area contributed by atoms with Crippen molar-refractivity contribution in [2.45, 2.75) is 12.8 Å². The highest BCUT2D eigenvalue weighted by Crippen LogP contribution is 2.49. The van der Waals surface area contributed by atoms with Crippen molar-refractivity contribution in [2.24, 2.45) is 5.92 Å². The predicted octanol–water partition coefficient (Wildman–Crippen LogP) is 4.97. The molecule has 108 valence electrons. The molecular weight excluding hydrogens is 307 g/mol. The molecule has 4 heteroatoms. The second kappa shape index (κ2) is 5.36. The van der Waals surface area contributed by atoms with Crippen LogP contribution in [0.2, 0.25) is 10.0 Å². The van der Waals surface area contributed by atoms with Gasteiger partial charge in [0.25, 0.3) is 0 Å². The highest BCUT2D eigenvalue weighted by molar-refractivity contribution is 6.45. The number of rotatable bonds is 2. The van der Waals surface area contributed by atoms with Gasteiger partial charge in [-0.2, -0.15) is 0 Å². The van der Waals surface area contributed by atoms with E-state index in [2.05, 4.69) is 0 Å². The van der Waals surface area contributed by atoms with E-state index in [9.17, 15) is 4.79 Å². The number of carbonyl (C=O) groups excluding carboxylic acids is 1. The summed E-state index contributed by atoms with van der Waals surface area (Å²) in [5.41, 5.74) is 2.52. The molecule has 0 aromatic heterocycles. The minimum Gasteiger partial charge on any atom is -0.495 e. The Labute approximate surface area is 133 Å². The van der Waals surface area contributed by atoms with Gasteiger partial charge in [0.2, 0.25) is 0 Å². The first kappa shape index (κ1) is 14.4. The minimum absolute atomic E-state index is 0.0163. The van der Waals surface area contributed by atoms with Crippen LogP contribution in [0.3, 0.4) is 0 Å². The number of carbonyl (C=O) groups is 1. The van der Waals surface area contributed by atoms with Crippen LogP contribution in [-0.4, -0.2) is 12.9 Å². The highest BCUT2D eigenvalue weighted by atomic mass is 35.5. The summed E-state index contributed by atoms with van der Waals surface area (Å²) in [6.07, 6.45) is 0. The van der Waals surface area contributed by atoms with Crippen LogP contribution in [-0.2, 0) is 0 Å². The van der Waals surface area contributed by atoms with Crippen LogP contribution < -0.4 is 4.74 Å². The normalized spacial score (nSPS) is 20.5. The molecule has 0 heterocycles. The first-order chi connectivity index (χ1) is 10.1. The molecule has 0 fully saturated rings. The van der Waals surface area contributed by atoms with Crippen LogP contribution in [0.15, 0.2) is 36.4 Å². The van der Waals surface area contributed by atoms with Crippen LogP contribution >= 0.6 is 23.2 Å². The summed E-state index contributed by atoms with van der Waals surface area (Å²) < 4.78 is 5.28. The van der Waals surface area contributed by atoms with Crippen molar-refractivity contribution in [1.82, 2.24) is 0 Å². The molecule has 0 saturated heterocycles. The first-order valence-corrected chi connectivity index (χ1v) is 7.47. The Kier molecular flexibility index (Phi) is 3.68. The number of benzene rings is 2. The monoisotopic (exact) mass is 320 g/mol. The minimum atomic E-state index is -0.164. The third-order valence-electron chi connectivity index (χ3n) is 4.08. The summed E-state index contributed by atoms with van der Waals surface area (Å²) in [4.78, 5) is 12.6. The van der Waals surface area contributed by atoms with Crippen molar-refractivity contribution < 1.29 is 9.53 Å². The Morgan fingerprint density at radius 2 is 1.76 bits per heavy atom. The van der Waals surface area contributed by atoms with Crippen molar-refractivity contribution in [3.8, 4) is 5.75 Å². The average Bonchev–Trinajstić information content (AvgIpc) is 2.75. The molecule has 2 aromatic rings. The highest BCUT2D eigenvalue weighted by Gasteiger charge is 2.40. The molecular formula is C17H14Cl2O2. The molecule has 0 N–H and O–H groups in total. The summed E-state index contributed by atoms with van der Waals surface area (Å²) in [5.74, 6) is 0.358. The largest absolute Gasteiger partial charge is 0.495 e. The molecule has 0 radical (unpaired) electrons. The molecule has 3 rings (SSSR count). The lowest BCUT2D eigenvalue weighted by atomic mass is 9.87. The van der Waals surface area contributed by atoms with Crippen molar-refractivity contribution >= 4 is 29.0 Å². The third kappa shape index (κ3) is 2.14. The van der Waals surface area contributed by atoms with Gasteiger partial charge in [-0.15, -0.1) is 0 Å². The first-order valence-electron chi connectivity index (χ1n) is 6.71. The van der Waals surface area contributed by atoms with E-state index in [0.717, 1.165) is 11.1 Å². The van der Waals surface area contributed by atoms with Crippen molar-refractivity contribution in [1.29, 1.82) is 0 Å². The van der Waals surface area contributed by atoms with Gasteiger partial charge in [0.15, 0.2) is 5.78 Å². The summed E-state index contributed by atoms with van der Waals surface area (Å²) in [5, 5.41) is 0.591. The molecule has 0 aliphatic heterocycles. The zero-order valence-electron chi connectivity index (χ0n) is 11.7. The number of halogens is 2. The number of ether oxygens (including phenoxy) is 1. The van der Waals surface area contributed by atoms with Crippen LogP contribution in [0.4, 0.5) is 0 Å². The van der Waals surface area contributed by atoms with Gasteiger partial charge >= 0.3 is 0 Å². The molecule has 21 heavy (non-hydrogen) atoms. The Bertz CT molecular complexity index is 710. The van der Waals surface area contributed by atoms with Gasteiger partial charge in [-0.25, -0.2) is 0 Å². The van der Waals surface area contributed by atoms with Gasteiger partial charge in [-0.05, 0) is 17.2 Å². The lowest BCUT2D eigenvalue weighted by Crippen LogP contribution is -2.10. The molecule has 2 atom stereocenters. The van der Waals surface area contributed by atoms with Crippen LogP contribution in [0, 0.1) is 5.92 Å². The fourth-order valence-electron chi connectivity index (χ4n) is 3.04. The molecule has 2 nitrogen and oxygen atoms in total. The smallest absolute Gasteiger partial charge is 0.168 e. The van der Waals surface area contributed by atoms with Gasteiger partial charge in [-0.3, -0.25) is 4.79 Å². The molecule has 1 aliphatic rings. The number of fused-ring (bicyclic) bond motifs is 1. The summed E-state index contributed by atoms with van der Waals surface area (Å²) >= 11 is 12.5. The van der Waals surface area contributed by atoms with Crippen molar-refractivity contribution in [2.75, 3.05) is 7.11 Å². The third-order valence-corrected chi connectivity index (χ3v) is 4.93. The summed E-state index contributed by atoms with van der Waals surface area (Å²) in [6.45, 7) is 1.93. The second-order valence-electron chi connectivity index (χ2n) is 5.21. The molecule has 0 spiro atoms. The molecule has 0 saturated carbocycles. The topological polar surface area (TPSA) is 26.3 Å². The van der Waals surface area contributed by atoms with Gasteiger partial charge in [-0.1, -0.05) is 60.5 Å². The zero-order chi connectivity index (χ0) is 15.1. The van der Waals surface area contributed by atoms with Crippen LogP contribution in [0.5, 0.6) is 5.75 Å². The maximum Gasteiger partial charge on any atom is 0.168 e. The number of methoxy groups -OCH3 is 1. The van der Waals surface area contributed by atoms with Gasteiger partial charge < -0.3 is 4.74 Å². The zero-order valence-corrected chi connectivity index (χ0v) is 13.2. The quantitative estimate of drug-likeness (QED) is 0.781. The van der Waals surface area contributed by atoms with Gasteiger partial charge in [0, 0.05) is 17.4 Å². The Balaban J connectivity index is 2.25. The maximum atomic E-state index is 12.6. The Morgan fingerprint density at radius 3 is 2.38 bits per heavy atom. The lowest BCUT2D eigenvalue weighted by Gasteiger charge is -2.17. The molecule has 2 aromatic carbocycles. The van der Waals surface area contributed by atoms with Gasteiger partial charge in [0.05, 0.1) is 12.1 Å². The Hall–Kier alpha value is -1.51. The van der Waals surface area contributed by atoms with Crippen molar-refractivity contribution in [3.63, 3.8) is 0 Å². The lowest BCUT2D eigenvalue weighted by molar-refractivity contribution is 0.0939. The fraction of sp³-hybridized carbons (Fsp3) is 0.235. The molecule has 0 unspecified atom stereocenters.